The normalized spacial score (nSPS) is 22.1. The van der Waals surface area contributed by atoms with Gasteiger partial charge in [0.15, 0.2) is 0 Å². The Labute approximate surface area is 64.8 Å². The molecule has 0 spiro atoms. The van der Waals surface area contributed by atoms with Gasteiger partial charge in [-0.25, -0.2) is 0 Å². The summed E-state index contributed by atoms with van der Waals surface area (Å²) >= 11 is 0. The first-order chi connectivity index (χ1) is 5.36. The number of nitrogens with zero attached hydrogens (tertiary/aromatic N) is 1. The third-order valence-electron chi connectivity index (χ3n) is 1.73. The Morgan fingerprint density at radius 3 is 3.45 bits per heavy atom. The van der Waals surface area contributed by atoms with Gasteiger partial charge in [0.25, 0.3) is 0 Å². The molecule has 11 heavy (non-hydrogen) atoms. The number of hydrogen-bond acceptors (Lipinski definition) is 4. The Balaban J connectivity index is 2.34. The maximum Gasteiger partial charge on any atom is 0.130 e. The highest BCUT2D eigenvalue weighted by molar-refractivity contribution is 5.51. The lowest BCUT2D eigenvalue weighted by Gasteiger charge is -2.24. The molecule has 58 valence electrons. The molecule has 1 unspecified atom stereocenters. The molecule has 0 saturated carbocycles. The zero-order valence-corrected chi connectivity index (χ0v) is 6.04. The topological polar surface area (TPSA) is 63.0 Å². The Morgan fingerprint density at radius 1 is 1.64 bits per heavy atom. The van der Waals surface area contributed by atoms with Crippen molar-refractivity contribution in [2.75, 3.05) is 5.32 Å². The first kappa shape index (κ1) is 6.57. The summed E-state index contributed by atoms with van der Waals surface area (Å²) in [5.74, 6) is 0. The highest BCUT2D eigenvalue weighted by Crippen LogP contribution is 2.16. The van der Waals surface area contributed by atoms with Crippen molar-refractivity contribution in [1.82, 2.24) is 10.3 Å². The Kier molecular flexibility index (Phi) is 1.48. The zero-order valence-electron chi connectivity index (χ0n) is 6.04. The molecule has 1 aliphatic rings. The number of nitrogens with one attached hydrogen (secondary N) is 2. The van der Waals surface area contributed by atoms with Crippen molar-refractivity contribution in [3.8, 4) is 0 Å². The lowest BCUT2D eigenvalue weighted by atomic mass is 10.2. The van der Waals surface area contributed by atoms with Crippen LogP contribution in [-0.4, -0.2) is 11.3 Å². The molecule has 1 aliphatic heterocycles. The third kappa shape index (κ3) is 1.18. The highest BCUT2D eigenvalue weighted by atomic mass is 15.2. The van der Waals surface area contributed by atoms with Gasteiger partial charge in [-0.2, -0.15) is 0 Å². The van der Waals surface area contributed by atoms with Gasteiger partial charge in [0, 0.05) is 30.2 Å². The molecule has 1 aromatic rings. The lowest BCUT2D eigenvalue weighted by Crippen LogP contribution is -2.46. The van der Waals surface area contributed by atoms with E-state index in [1.165, 1.54) is 0 Å². The van der Waals surface area contributed by atoms with Crippen molar-refractivity contribution in [1.29, 1.82) is 0 Å². The first-order valence-electron chi connectivity index (χ1n) is 3.54. The fourth-order valence-electron chi connectivity index (χ4n) is 1.15. The number of nitrogens with two attached hydrogens (primary N) is 1. The monoisotopic (exact) mass is 150 g/mol. The zero-order chi connectivity index (χ0) is 7.68. The summed E-state index contributed by atoms with van der Waals surface area (Å²) in [6.07, 6.45) is 3.45. The van der Waals surface area contributed by atoms with E-state index in [0.717, 1.165) is 17.8 Å². The number of anilines is 1. The Hall–Kier alpha value is -1.13. The number of hydrogen-bond donors (Lipinski definition) is 3. The van der Waals surface area contributed by atoms with Crippen molar-refractivity contribution < 1.29 is 0 Å². The van der Waals surface area contributed by atoms with Crippen LogP contribution in [0.15, 0.2) is 18.5 Å². The van der Waals surface area contributed by atoms with Crippen LogP contribution in [0.5, 0.6) is 0 Å². The van der Waals surface area contributed by atoms with E-state index in [4.69, 9.17) is 5.73 Å². The molecule has 0 bridgehead atoms. The minimum absolute atomic E-state index is 0.134. The molecule has 0 aromatic carbocycles. The Bertz CT molecular complexity index is 260. The number of pyridine rings is 1. The van der Waals surface area contributed by atoms with Crippen LogP contribution in [-0.2, 0) is 6.54 Å². The van der Waals surface area contributed by atoms with Gasteiger partial charge in [0.1, 0.15) is 6.29 Å². The molecule has 0 amide bonds. The lowest BCUT2D eigenvalue weighted by molar-refractivity contribution is 0.557. The molecule has 4 N–H and O–H groups in total. The summed E-state index contributed by atoms with van der Waals surface area (Å²) in [5.41, 5.74) is 7.84. The average molecular weight is 150 g/mol. The molecule has 1 atom stereocenters. The molecule has 4 nitrogen and oxygen atoms in total. The minimum atomic E-state index is -0.134. The molecule has 4 heteroatoms. The van der Waals surface area contributed by atoms with E-state index in [-0.39, 0.29) is 6.29 Å². The van der Waals surface area contributed by atoms with E-state index < -0.39 is 0 Å². The van der Waals surface area contributed by atoms with E-state index in [9.17, 15) is 0 Å². The van der Waals surface area contributed by atoms with E-state index in [0.29, 0.717) is 0 Å². The summed E-state index contributed by atoms with van der Waals surface area (Å²) in [5, 5.41) is 6.15. The second-order valence-corrected chi connectivity index (χ2v) is 2.54. The van der Waals surface area contributed by atoms with Gasteiger partial charge in [0.2, 0.25) is 0 Å². The number of fused-ring (bicyclic) bond motifs is 1. The van der Waals surface area contributed by atoms with Crippen LogP contribution in [0.25, 0.3) is 0 Å². The number of aromatic nitrogens is 1. The molecule has 2 rings (SSSR count). The molecule has 2 heterocycles. The minimum Gasteiger partial charge on any atom is -0.357 e. The fourth-order valence-corrected chi connectivity index (χ4v) is 1.15. The van der Waals surface area contributed by atoms with Gasteiger partial charge < -0.3 is 5.32 Å². The van der Waals surface area contributed by atoms with Crippen LogP contribution in [0, 0.1) is 0 Å². The van der Waals surface area contributed by atoms with Crippen LogP contribution in [0.4, 0.5) is 5.69 Å². The molecule has 1 aromatic heterocycles. The van der Waals surface area contributed by atoms with Crippen molar-refractivity contribution in [2.24, 2.45) is 5.73 Å². The predicted molar refractivity (Wildman–Crippen MR) is 42.7 cm³/mol. The quantitative estimate of drug-likeness (QED) is 0.481. The van der Waals surface area contributed by atoms with Gasteiger partial charge in [0.05, 0.1) is 0 Å². The smallest absolute Gasteiger partial charge is 0.130 e. The van der Waals surface area contributed by atoms with E-state index in [2.05, 4.69) is 15.6 Å². The maximum absolute atomic E-state index is 5.61. The number of rotatable bonds is 0. The van der Waals surface area contributed by atoms with Gasteiger partial charge in [-0.1, -0.05) is 0 Å². The van der Waals surface area contributed by atoms with Crippen molar-refractivity contribution >= 4 is 5.69 Å². The standard InChI is InChI=1S/C7H10N4/c8-7-10-4-5-3-9-2-1-6(5)11-7/h1-3,7,10-11H,4,8H2. The largest absolute Gasteiger partial charge is 0.357 e. The third-order valence-corrected chi connectivity index (χ3v) is 1.73. The first-order valence-corrected chi connectivity index (χ1v) is 3.54. The molecule has 0 aliphatic carbocycles. The SMILES string of the molecule is NC1NCc2cnccc2N1. The highest BCUT2D eigenvalue weighted by Gasteiger charge is 2.11. The van der Waals surface area contributed by atoms with E-state index >= 15 is 0 Å². The molecule has 0 fully saturated rings. The van der Waals surface area contributed by atoms with Crippen LogP contribution in [0.1, 0.15) is 5.56 Å². The summed E-state index contributed by atoms with van der Waals surface area (Å²) in [6.45, 7) is 0.789. The van der Waals surface area contributed by atoms with Gasteiger partial charge in [-0.05, 0) is 6.07 Å². The van der Waals surface area contributed by atoms with Crippen molar-refractivity contribution in [2.45, 2.75) is 12.8 Å². The second kappa shape index (κ2) is 2.48. The second-order valence-electron chi connectivity index (χ2n) is 2.54. The summed E-state index contributed by atoms with van der Waals surface area (Å²) in [7, 11) is 0. The van der Waals surface area contributed by atoms with Crippen LogP contribution in [0.3, 0.4) is 0 Å². The van der Waals surface area contributed by atoms with Crippen LogP contribution in [0.2, 0.25) is 0 Å². The maximum atomic E-state index is 5.61. The van der Waals surface area contributed by atoms with E-state index in [1.807, 2.05) is 12.3 Å². The van der Waals surface area contributed by atoms with E-state index in [1.54, 1.807) is 6.20 Å². The molecular formula is C7H10N4. The van der Waals surface area contributed by atoms with Gasteiger partial charge in [-0.3, -0.25) is 16.0 Å². The summed E-state index contributed by atoms with van der Waals surface area (Å²) in [6, 6.07) is 1.93. The Morgan fingerprint density at radius 2 is 2.55 bits per heavy atom. The summed E-state index contributed by atoms with van der Waals surface area (Å²) < 4.78 is 0. The van der Waals surface area contributed by atoms with Gasteiger partial charge in [-0.15, -0.1) is 0 Å². The fraction of sp³-hybridized carbons (Fsp3) is 0.286. The molecular weight excluding hydrogens is 140 g/mol. The summed E-state index contributed by atoms with van der Waals surface area (Å²) in [4.78, 5) is 4.00. The molecule has 0 radical (unpaired) electrons. The van der Waals surface area contributed by atoms with Crippen LogP contribution < -0.4 is 16.4 Å². The van der Waals surface area contributed by atoms with Gasteiger partial charge >= 0.3 is 0 Å². The predicted octanol–water partition coefficient (Wildman–Crippen LogP) is -0.161. The van der Waals surface area contributed by atoms with Crippen molar-refractivity contribution in [3.63, 3.8) is 0 Å². The molecule has 0 saturated heterocycles. The van der Waals surface area contributed by atoms with Crippen molar-refractivity contribution in [3.05, 3.63) is 24.0 Å². The average Bonchev–Trinajstić information content (AvgIpc) is 2.04. The van der Waals surface area contributed by atoms with Crippen LogP contribution >= 0.6 is 0 Å².